The van der Waals surface area contributed by atoms with Crippen molar-refractivity contribution in [3.8, 4) is 0 Å². The van der Waals surface area contributed by atoms with Crippen molar-refractivity contribution in [2.24, 2.45) is 0 Å². The van der Waals surface area contributed by atoms with E-state index < -0.39 is 0 Å². The largest absolute Gasteiger partial charge is 0.310 e. The lowest BCUT2D eigenvalue weighted by Crippen LogP contribution is -2.22. The Bertz CT molecular complexity index is 355. The van der Waals surface area contributed by atoms with Gasteiger partial charge in [0.05, 0.1) is 0 Å². The van der Waals surface area contributed by atoms with Crippen molar-refractivity contribution in [1.29, 1.82) is 0 Å². The Hall–Kier alpha value is -1.08. The molecule has 1 atom stereocenters. The molecule has 0 bridgehead atoms. The highest BCUT2D eigenvalue weighted by molar-refractivity contribution is 5.32. The van der Waals surface area contributed by atoms with E-state index in [0.29, 0.717) is 6.04 Å². The molecule has 0 aliphatic heterocycles. The Balaban J connectivity index is 2.82. The molecule has 1 aromatic carbocycles. The first-order valence-electron chi connectivity index (χ1n) is 6.60. The van der Waals surface area contributed by atoms with Gasteiger partial charge in [-0.25, -0.2) is 0 Å². The summed E-state index contributed by atoms with van der Waals surface area (Å²) in [5.41, 5.74) is 4.16. The van der Waals surface area contributed by atoms with Crippen LogP contribution < -0.4 is 5.32 Å². The van der Waals surface area contributed by atoms with Crippen molar-refractivity contribution in [2.45, 2.75) is 46.1 Å². The van der Waals surface area contributed by atoms with E-state index in [1.54, 1.807) is 0 Å². The van der Waals surface area contributed by atoms with Crippen LogP contribution in [0.3, 0.4) is 0 Å². The molecule has 0 radical (unpaired) electrons. The van der Waals surface area contributed by atoms with Crippen molar-refractivity contribution < 1.29 is 0 Å². The average molecular weight is 231 g/mol. The lowest BCUT2D eigenvalue weighted by atomic mass is 9.96. The highest BCUT2D eigenvalue weighted by Gasteiger charge is 2.11. The monoisotopic (exact) mass is 231 g/mol. The number of aryl methyl sites for hydroxylation is 2. The summed E-state index contributed by atoms with van der Waals surface area (Å²) in [7, 11) is 0. The fourth-order valence-corrected chi connectivity index (χ4v) is 2.19. The number of rotatable bonds is 7. The molecule has 1 rings (SSSR count). The molecule has 1 aromatic rings. The van der Waals surface area contributed by atoms with E-state index in [2.05, 4.69) is 50.9 Å². The van der Waals surface area contributed by atoms with Crippen LogP contribution in [0.5, 0.6) is 0 Å². The number of nitrogens with one attached hydrogen (secondary N) is 1. The Labute approximate surface area is 106 Å². The van der Waals surface area contributed by atoms with E-state index in [4.69, 9.17) is 0 Å². The molecule has 94 valence electrons. The SMILES string of the molecule is C=CCCC(NCCC)c1ccc(C)cc1C. The summed E-state index contributed by atoms with van der Waals surface area (Å²) in [5, 5.41) is 3.63. The fraction of sp³-hybridized carbons (Fsp3) is 0.500. The van der Waals surface area contributed by atoms with E-state index in [-0.39, 0.29) is 0 Å². The normalized spacial score (nSPS) is 12.4. The van der Waals surface area contributed by atoms with Gasteiger partial charge in [0.15, 0.2) is 0 Å². The van der Waals surface area contributed by atoms with E-state index in [9.17, 15) is 0 Å². The van der Waals surface area contributed by atoms with Gasteiger partial charge in [0.25, 0.3) is 0 Å². The van der Waals surface area contributed by atoms with Crippen LogP contribution in [0.15, 0.2) is 30.9 Å². The molecule has 0 spiro atoms. The van der Waals surface area contributed by atoms with Crippen molar-refractivity contribution in [3.63, 3.8) is 0 Å². The highest BCUT2D eigenvalue weighted by Crippen LogP contribution is 2.23. The Kier molecular flexibility index (Phi) is 5.99. The molecule has 0 heterocycles. The predicted molar refractivity (Wildman–Crippen MR) is 76.4 cm³/mol. The number of hydrogen-bond acceptors (Lipinski definition) is 1. The van der Waals surface area contributed by atoms with E-state index in [0.717, 1.165) is 19.4 Å². The summed E-state index contributed by atoms with van der Waals surface area (Å²) in [6.45, 7) is 11.5. The summed E-state index contributed by atoms with van der Waals surface area (Å²) < 4.78 is 0. The van der Waals surface area contributed by atoms with Gasteiger partial charge >= 0.3 is 0 Å². The van der Waals surface area contributed by atoms with Gasteiger partial charge in [0.1, 0.15) is 0 Å². The maximum Gasteiger partial charge on any atom is 0.0325 e. The zero-order chi connectivity index (χ0) is 12.7. The second-order valence-corrected chi connectivity index (χ2v) is 4.73. The van der Waals surface area contributed by atoms with Gasteiger partial charge in [0, 0.05) is 6.04 Å². The quantitative estimate of drug-likeness (QED) is 0.689. The second kappa shape index (κ2) is 7.29. The van der Waals surface area contributed by atoms with Crippen molar-refractivity contribution in [3.05, 3.63) is 47.5 Å². The summed E-state index contributed by atoms with van der Waals surface area (Å²) in [6, 6.07) is 7.20. The predicted octanol–water partition coefficient (Wildman–Crippen LogP) is 4.31. The summed E-state index contributed by atoms with van der Waals surface area (Å²) in [5.74, 6) is 0. The third kappa shape index (κ3) is 4.35. The van der Waals surface area contributed by atoms with E-state index >= 15 is 0 Å². The molecule has 1 nitrogen and oxygen atoms in total. The zero-order valence-corrected chi connectivity index (χ0v) is 11.4. The summed E-state index contributed by atoms with van der Waals surface area (Å²) in [6.07, 6.45) is 5.38. The molecule has 0 saturated carbocycles. The molecule has 0 aliphatic carbocycles. The molecule has 0 saturated heterocycles. The molecule has 0 fully saturated rings. The lowest BCUT2D eigenvalue weighted by Gasteiger charge is -2.20. The molecule has 1 unspecified atom stereocenters. The summed E-state index contributed by atoms with van der Waals surface area (Å²) in [4.78, 5) is 0. The summed E-state index contributed by atoms with van der Waals surface area (Å²) >= 11 is 0. The van der Waals surface area contributed by atoms with E-state index in [1.807, 2.05) is 6.08 Å². The number of allylic oxidation sites excluding steroid dienone is 1. The zero-order valence-electron chi connectivity index (χ0n) is 11.4. The standard InChI is InChI=1S/C16H25N/c1-5-7-8-16(17-11-6-2)15-10-9-13(3)12-14(15)4/h5,9-10,12,16-17H,1,6-8,11H2,2-4H3. The third-order valence-electron chi connectivity index (χ3n) is 3.10. The molecule has 1 N–H and O–H groups in total. The maximum atomic E-state index is 3.82. The first-order chi connectivity index (χ1) is 8.19. The molecule has 1 heteroatoms. The molecular weight excluding hydrogens is 206 g/mol. The molecule has 0 amide bonds. The highest BCUT2D eigenvalue weighted by atomic mass is 14.9. The Morgan fingerprint density at radius 3 is 2.71 bits per heavy atom. The smallest absolute Gasteiger partial charge is 0.0325 e. The van der Waals surface area contributed by atoms with Gasteiger partial charge < -0.3 is 5.32 Å². The van der Waals surface area contributed by atoms with Crippen LogP contribution in [0.25, 0.3) is 0 Å². The third-order valence-corrected chi connectivity index (χ3v) is 3.10. The maximum absolute atomic E-state index is 3.82. The van der Waals surface area contributed by atoms with Crippen LogP contribution in [-0.2, 0) is 0 Å². The lowest BCUT2D eigenvalue weighted by molar-refractivity contribution is 0.501. The molecule has 0 aliphatic rings. The van der Waals surface area contributed by atoms with Crippen LogP contribution >= 0.6 is 0 Å². The number of benzene rings is 1. The van der Waals surface area contributed by atoms with Crippen LogP contribution in [0.4, 0.5) is 0 Å². The van der Waals surface area contributed by atoms with Gasteiger partial charge in [-0.3, -0.25) is 0 Å². The molecule has 0 aromatic heterocycles. The van der Waals surface area contributed by atoms with Crippen molar-refractivity contribution >= 4 is 0 Å². The first kappa shape index (κ1) is 14.0. The first-order valence-corrected chi connectivity index (χ1v) is 6.60. The van der Waals surface area contributed by atoms with Crippen LogP contribution in [0, 0.1) is 13.8 Å². The number of hydrogen-bond donors (Lipinski definition) is 1. The second-order valence-electron chi connectivity index (χ2n) is 4.73. The molecule has 17 heavy (non-hydrogen) atoms. The Morgan fingerprint density at radius 2 is 2.12 bits per heavy atom. The fourth-order valence-electron chi connectivity index (χ4n) is 2.19. The van der Waals surface area contributed by atoms with Gasteiger partial charge in [-0.2, -0.15) is 0 Å². The average Bonchev–Trinajstić information content (AvgIpc) is 2.30. The van der Waals surface area contributed by atoms with Crippen molar-refractivity contribution in [2.75, 3.05) is 6.54 Å². The van der Waals surface area contributed by atoms with Crippen LogP contribution in [-0.4, -0.2) is 6.54 Å². The minimum atomic E-state index is 0.466. The minimum Gasteiger partial charge on any atom is -0.310 e. The minimum absolute atomic E-state index is 0.466. The van der Waals surface area contributed by atoms with Gasteiger partial charge in [-0.05, 0) is 50.8 Å². The molecular formula is C16H25N. The van der Waals surface area contributed by atoms with Crippen LogP contribution in [0.2, 0.25) is 0 Å². The van der Waals surface area contributed by atoms with Gasteiger partial charge in [-0.15, -0.1) is 6.58 Å². The van der Waals surface area contributed by atoms with Crippen LogP contribution in [0.1, 0.15) is 48.9 Å². The van der Waals surface area contributed by atoms with E-state index in [1.165, 1.54) is 23.1 Å². The van der Waals surface area contributed by atoms with Gasteiger partial charge in [-0.1, -0.05) is 36.8 Å². The van der Waals surface area contributed by atoms with Gasteiger partial charge in [0.2, 0.25) is 0 Å². The topological polar surface area (TPSA) is 12.0 Å². The van der Waals surface area contributed by atoms with Crippen molar-refractivity contribution in [1.82, 2.24) is 5.32 Å². The Morgan fingerprint density at radius 1 is 1.35 bits per heavy atom.